The lowest BCUT2D eigenvalue weighted by Crippen LogP contribution is -2.01. The van der Waals surface area contributed by atoms with Gasteiger partial charge in [0.25, 0.3) is 0 Å². The van der Waals surface area contributed by atoms with Crippen molar-refractivity contribution in [3.8, 4) is 0 Å². The molecule has 0 amide bonds. The maximum atomic E-state index is 12.3. The molecule has 0 radical (unpaired) electrons. The smallest absolute Gasteiger partial charge is 0.194 e. The monoisotopic (exact) mass is 372 g/mol. The summed E-state index contributed by atoms with van der Waals surface area (Å²) in [4.78, 5) is 13.5. The zero-order valence-electron chi connectivity index (χ0n) is 8.90. The van der Waals surface area contributed by atoms with E-state index in [0.29, 0.717) is 0 Å². The fourth-order valence-corrected chi connectivity index (χ4v) is 3.82. The molecule has 0 saturated heterocycles. The minimum Gasteiger partial charge on any atom is -0.289 e. The Kier molecular flexibility index (Phi) is 3.85. The van der Waals surface area contributed by atoms with Gasteiger partial charge in [-0.25, -0.2) is 0 Å². The SMILES string of the molecule is Br.O=C1c2ccccc2CCc2sc(Br)cc21. The molecular formula is C13H10Br2OS. The van der Waals surface area contributed by atoms with E-state index in [0.717, 1.165) is 27.8 Å². The number of fused-ring (bicyclic) bond motifs is 2. The quantitative estimate of drug-likeness (QED) is 0.668. The number of ketones is 1. The van der Waals surface area contributed by atoms with Gasteiger partial charge in [0.1, 0.15) is 0 Å². The lowest BCUT2D eigenvalue weighted by Gasteiger charge is -2.02. The normalized spacial score (nSPS) is 13.4. The van der Waals surface area contributed by atoms with Crippen LogP contribution in [0, 0.1) is 0 Å². The molecule has 0 N–H and O–H groups in total. The molecule has 1 aromatic carbocycles. The van der Waals surface area contributed by atoms with Gasteiger partial charge in [-0.1, -0.05) is 24.3 Å². The zero-order chi connectivity index (χ0) is 11.1. The molecule has 1 aliphatic carbocycles. The van der Waals surface area contributed by atoms with Crippen molar-refractivity contribution < 1.29 is 4.79 Å². The van der Waals surface area contributed by atoms with E-state index in [1.807, 2.05) is 24.3 Å². The van der Waals surface area contributed by atoms with Crippen LogP contribution in [0.3, 0.4) is 0 Å². The van der Waals surface area contributed by atoms with E-state index in [1.165, 1.54) is 10.4 Å². The standard InChI is InChI=1S/C13H9BrOS.BrH/c14-12-7-10-11(16-12)6-5-8-3-1-2-4-9(8)13(10)15;/h1-4,7H,5-6H2;1H. The number of halogens is 2. The van der Waals surface area contributed by atoms with E-state index in [-0.39, 0.29) is 22.8 Å². The fourth-order valence-electron chi connectivity index (χ4n) is 2.13. The van der Waals surface area contributed by atoms with E-state index in [2.05, 4.69) is 22.0 Å². The van der Waals surface area contributed by atoms with E-state index in [9.17, 15) is 4.79 Å². The molecule has 0 spiro atoms. The molecule has 0 saturated carbocycles. The molecule has 2 aromatic rings. The van der Waals surface area contributed by atoms with Crippen LogP contribution >= 0.6 is 44.2 Å². The van der Waals surface area contributed by atoms with Gasteiger partial charge in [-0.15, -0.1) is 28.3 Å². The van der Waals surface area contributed by atoms with Gasteiger partial charge in [0.2, 0.25) is 0 Å². The average molecular weight is 374 g/mol. The summed E-state index contributed by atoms with van der Waals surface area (Å²) >= 11 is 5.13. The Morgan fingerprint density at radius 3 is 2.71 bits per heavy atom. The van der Waals surface area contributed by atoms with Gasteiger partial charge >= 0.3 is 0 Å². The first-order valence-corrected chi connectivity index (χ1v) is 6.77. The van der Waals surface area contributed by atoms with E-state index < -0.39 is 0 Å². The van der Waals surface area contributed by atoms with Crippen LogP contribution in [0.1, 0.15) is 26.4 Å². The minimum absolute atomic E-state index is 0. The number of thiophene rings is 1. The first-order chi connectivity index (χ1) is 7.75. The topological polar surface area (TPSA) is 17.1 Å². The number of carbonyl (C=O) groups excluding carboxylic acids is 1. The third-order valence-corrected chi connectivity index (χ3v) is 4.60. The lowest BCUT2D eigenvalue weighted by atomic mass is 10.0. The predicted octanol–water partition coefficient (Wildman–Crippen LogP) is 4.42. The molecule has 17 heavy (non-hydrogen) atoms. The molecular weight excluding hydrogens is 364 g/mol. The van der Waals surface area contributed by atoms with Crippen LogP contribution in [-0.4, -0.2) is 5.78 Å². The second-order valence-electron chi connectivity index (χ2n) is 3.87. The number of carbonyl (C=O) groups is 1. The highest BCUT2D eigenvalue weighted by Crippen LogP contribution is 2.33. The molecule has 1 aliphatic rings. The van der Waals surface area contributed by atoms with Crippen LogP contribution in [0.4, 0.5) is 0 Å². The number of rotatable bonds is 0. The fraction of sp³-hybridized carbons (Fsp3) is 0.154. The van der Waals surface area contributed by atoms with Gasteiger partial charge in [-0.3, -0.25) is 4.79 Å². The Bertz CT molecular complexity index is 575. The first kappa shape index (κ1) is 13.0. The average Bonchev–Trinajstić information content (AvgIpc) is 2.62. The van der Waals surface area contributed by atoms with Crippen LogP contribution in [0.25, 0.3) is 0 Å². The molecule has 0 unspecified atom stereocenters. The summed E-state index contributed by atoms with van der Waals surface area (Å²) in [6, 6.07) is 9.87. The first-order valence-electron chi connectivity index (χ1n) is 5.16. The summed E-state index contributed by atoms with van der Waals surface area (Å²) in [6.45, 7) is 0. The molecule has 0 bridgehead atoms. The van der Waals surface area contributed by atoms with Crippen molar-refractivity contribution in [3.63, 3.8) is 0 Å². The van der Waals surface area contributed by atoms with Gasteiger partial charge in [0, 0.05) is 16.0 Å². The number of aryl methyl sites for hydroxylation is 2. The molecule has 1 nitrogen and oxygen atoms in total. The Hall–Kier alpha value is -0.450. The molecule has 1 heterocycles. The largest absolute Gasteiger partial charge is 0.289 e. The van der Waals surface area contributed by atoms with Crippen molar-refractivity contribution in [2.75, 3.05) is 0 Å². The Morgan fingerprint density at radius 1 is 1.12 bits per heavy atom. The highest BCUT2D eigenvalue weighted by molar-refractivity contribution is 9.11. The Morgan fingerprint density at radius 2 is 1.88 bits per heavy atom. The Labute approximate surface area is 123 Å². The maximum Gasteiger partial charge on any atom is 0.194 e. The van der Waals surface area contributed by atoms with Crippen LogP contribution in [0.2, 0.25) is 0 Å². The maximum absolute atomic E-state index is 12.3. The molecule has 0 fully saturated rings. The number of benzene rings is 1. The van der Waals surface area contributed by atoms with Crippen molar-refractivity contribution in [1.29, 1.82) is 0 Å². The van der Waals surface area contributed by atoms with Crippen molar-refractivity contribution in [2.24, 2.45) is 0 Å². The molecule has 0 aliphatic heterocycles. The highest BCUT2D eigenvalue weighted by atomic mass is 79.9. The van der Waals surface area contributed by atoms with E-state index in [4.69, 9.17) is 0 Å². The summed E-state index contributed by atoms with van der Waals surface area (Å²) < 4.78 is 1.05. The summed E-state index contributed by atoms with van der Waals surface area (Å²) in [5.74, 6) is 0.171. The summed E-state index contributed by atoms with van der Waals surface area (Å²) in [6.07, 6.45) is 1.93. The molecule has 88 valence electrons. The van der Waals surface area contributed by atoms with Crippen LogP contribution < -0.4 is 0 Å². The lowest BCUT2D eigenvalue weighted by molar-refractivity contribution is 0.103. The van der Waals surface area contributed by atoms with Gasteiger partial charge < -0.3 is 0 Å². The van der Waals surface area contributed by atoms with Crippen LogP contribution in [0.5, 0.6) is 0 Å². The van der Waals surface area contributed by atoms with Gasteiger partial charge in [0.15, 0.2) is 5.78 Å². The summed E-state index contributed by atoms with van der Waals surface area (Å²) in [5, 5.41) is 0. The summed E-state index contributed by atoms with van der Waals surface area (Å²) in [7, 11) is 0. The minimum atomic E-state index is 0. The van der Waals surface area contributed by atoms with Crippen molar-refractivity contribution in [2.45, 2.75) is 12.8 Å². The highest BCUT2D eigenvalue weighted by Gasteiger charge is 2.22. The van der Waals surface area contributed by atoms with Crippen LogP contribution in [0.15, 0.2) is 34.1 Å². The predicted molar refractivity (Wildman–Crippen MR) is 79.6 cm³/mol. The summed E-state index contributed by atoms with van der Waals surface area (Å²) in [5.41, 5.74) is 2.92. The number of hydrogen-bond donors (Lipinski definition) is 0. The Balaban J connectivity index is 0.00000108. The zero-order valence-corrected chi connectivity index (χ0v) is 13.0. The molecule has 4 heteroatoms. The van der Waals surface area contributed by atoms with Gasteiger partial charge in [-0.05, 0) is 40.4 Å². The third-order valence-electron chi connectivity index (χ3n) is 2.91. The van der Waals surface area contributed by atoms with Crippen LogP contribution in [-0.2, 0) is 12.8 Å². The van der Waals surface area contributed by atoms with E-state index >= 15 is 0 Å². The second kappa shape index (κ2) is 5.04. The molecule has 0 atom stereocenters. The van der Waals surface area contributed by atoms with Gasteiger partial charge in [-0.2, -0.15) is 0 Å². The van der Waals surface area contributed by atoms with Crippen molar-refractivity contribution in [1.82, 2.24) is 0 Å². The molecule has 1 aromatic heterocycles. The van der Waals surface area contributed by atoms with Crippen molar-refractivity contribution >= 4 is 50.0 Å². The number of hydrogen-bond acceptors (Lipinski definition) is 2. The van der Waals surface area contributed by atoms with Gasteiger partial charge in [0.05, 0.1) is 3.79 Å². The third kappa shape index (κ3) is 2.26. The molecule has 3 rings (SSSR count). The second-order valence-corrected chi connectivity index (χ2v) is 6.39. The van der Waals surface area contributed by atoms with Crippen molar-refractivity contribution in [3.05, 3.63) is 55.7 Å². The van der Waals surface area contributed by atoms with E-state index in [1.54, 1.807) is 11.3 Å².